The van der Waals surface area contributed by atoms with E-state index in [4.69, 9.17) is 4.98 Å². The van der Waals surface area contributed by atoms with Gasteiger partial charge in [-0.2, -0.15) is 0 Å². The lowest BCUT2D eigenvalue weighted by Gasteiger charge is -2.21. The van der Waals surface area contributed by atoms with E-state index in [9.17, 15) is 0 Å². The second kappa shape index (κ2) is 5.56. The van der Waals surface area contributed by atoms with Gasteiger partial charge in [0.05, 0.1) is 5.69 Å². The monoisotopic (exact) mass is 261 g/mol. The van der Waals surface area contributed by atoms with Crippen molar-refractivity contribution in [3.8, 4) is 0 Å². The summed E-state index contributed by atoms with van der Waals surface area (Å²) in [4.78, 5) is 4.72. The Kier molecular flexibility index (Phi) is 3.81. The summed E-state index contributed by atoms with van der Waals surface area (Å²) in [5.41, 5.74) is 1.15. The maximum absolute atomic E-state index is 4.72. The molecule has 1 unspecified atom stereocenters. The molecule has 0 saturated heterocycles. The minimum Gasteiger partial charge on any atom is -0.353 e. The smallest absolute Gasteiger partial charge is 0.203 e. The molecule has 0 bridgehead atoms. The molecule has 3 nitrogen and oxygen atoms in total. The number of imidazole rings is 1. The Hall–Kier alpha value is -0.990. The zero-order chi connectivity index (χ0) is 13.2. The highest BCUT2D eigenvalue weighted by Gasteiger charge is 2.26. The van der Waals surface area contributed by atoms with Crippen LogP contribution < -0.4 is 5.32 Å². The van der Waals surface area contributed by atoms with Gasteiger partial charge in [0, 0.05) is 18.3 Å². The number of aryl methyl sites for hydroxylation is 1. The number of hydrogen-bond acceptors (Lipinski definition) is 2. The van der Waals surface area contributed by atoms with Crippen molar-refractivity contribution in [3.63, 3.8) is 0 Å². The van der Waals surface area contributed by atoms with Crippen LogP contribution in [0.2, 0.25) is 0 Å². The molecule has 2 fully saturated rings. The second-order valence-electron chi connectivity index (χ2n) is 6.48. The van der Waals surface area contributed by atoms with E-state index in [1.165, 1.54) is 51.4 Å². The van der Waals surface area contributed by atoms with Crippen LogP contribution in [0.25, 0.3) is 0 Å². The highest BCUT2D eigenvalue weighted by molar-refractivity contribution is 5.31. The molecular weight excluding hydrogens is 234 g/mol. The molecule has 2 aliphatic carbocycles. The fourth-order valence-corrected chi connectivity index (χ4v) is 3.35. The fourth-order valence-electron chi connectivity index (χ4n) is 3.35. The van der Waals surface area contributed by atoms with Gasteiger partial charge in [-0.1, -0.05) is 32.6 Å². The number of nitrogens with zero attached hydrogens (tertiary/aromatic N) is 2. The number of hydrogen-bond donors (Lipinski definition) is 1. The molecular formula is C16H27N3. The van der Waals surface area contributed by atoms with Crippen LogP contribution >= 0.6 is 0 Å². The van der Waals surface area contributed by atoms with E-state index in [0.29, 0.717) is 12.1 Å². The third-order valence-electron chi connectivity index (χ3n) is 4.71. The second-order valence-corrected chi connectivity index (χ2v) is 6.48. The van der Waals surface area contributed by atoms with Gasteiger partial charge in [-0.25, -0.2) is 4.98 Å². The van der Waals surface area contributed by atoms with E-state index in [1.54, 1.807) is 0 Å². The Morgan fingerprint density at radius 3 is 2.68 bits per heavy atom. The lowest BCUT2D eigenvalue weighted by Crippen LogP contribution is -2.22. The molecule has 0 spiro atoms. The van der Waals surface area contributed by atoms with Crippen molar-refractivity contribution in [2.45, 2.75) is 77.3 Å². The maximum atomic E-state index is 4.72. The zero-order valence-corrected chi connectivity index (χ0v) is 12.4. The van der Waals surface area contributed by atoms with Crippen molar-refractivity contribution in [3.05, 3.63) is 11.9 Å². The highest BCUT2D eigenvalue weighted by Crippen LogP contribution is 2.36. The van der Waals surface area contributed by atoms with Gasteiger partial charge in [-0.3, -0.25) is 0 Å². The molecule has 0 aromatic carbocycles. The van der Waals surface area contributed by atoms with Crippen molar-refractivity contribution in [2.24, 2.45) is 5.92 Å². The summed E-state index contributed by atoms with van der Waals surface area (Å²) in [5, 5.41) is 3.72. The highest BCUT2D eigenvalue weighted by atomic mass is 15.2. The normalized spacial score (nSPS) is 21.8. The first kappa shape index (κ1) is 13.0. The minimum absolute atomic E-state index is 0.606. The van der Waals surface area contributed by atoms with Crippen LogP contribution in [0.4, 0.5) is 5.95 Å². The molecule has 1 heterocycles. The summed E-state index contributed by atoms with van der Waals surface area (Å²) in [6.45, 7) is 4.40. The van der Waals surface area contributed by atoms with Crippen molar-refractivity contribution < 1.29 is 0 Å². The molecule has 106 valence electrons. The molecule has 0 radical (unpaired) electrons. The third kappa shape index (κ3) is 3.13. The van der Waals surface area contributed by atoms with Crippen molar-refractivity contribution >= 4 is 5.95 Å². The molecule has 1 aromatic rings. The predicted octanol–water partition coefficient (Wildman–Crippen LogP) is 4.30. The molecule has 0 aliphatic heterocycles. The summed E-state index contributed by atoms with van der Waals surface area (Å²) >= 11 is 0. The Bertz CT molecular complexity index is 414. The summed E-state index contributed by atoms with van der Waals surface area (Å²) < 4.78 is 2.41. The van der Waals surface area contributed by atoms with Crippen LogP contribution in [0.1, 0.15) is 70.0 Å². The van der Waals surface area contributed by atoms with Gasteiger partial charge >= 0.3 is 0 Å². The molecule has 1 aromatic heterocycles. The summed E-state index contributed by atoms with van der Waals surface area (Å²) in [6.07, 6.45) is 13.0. The number of rotatable bonds is 6. The van der Waals surface area contributed by atoms with Gasteiger partial charge in [-0.05, 0) is 38.5 Å². The van der Waals surface area contributed by atoms with Crippen LogP contribution in [0, 0.1) is 12.8 Å². The van der Waals surface area contributed by atoms with E-state index in [1.807, 2.05) is 0 Å². The lowest BCUT2D eigenvalue weighted by atomic mass is 10.1. The SMILES string of the molecule is CCC(CC1CC1)Nc1nc(C)cn1C1CCCC1. The first-order valence-electron chi connectivity index (χ1n) is 8.08. The number of aromatic nitrogens is 2. The fraction of sp³-hybridized carbons (Fsp3) is 0.812. The molecule has 1 N–H and O–H groups in total. The van der Waals surface area contributed by atoms with Crippen LogP contribution in [0.3, 0.4) is 0 Å². The predicted molar refractivity (Wildman–Crippen MR) is 79.5 cm³/mol. The Labute approximate surface area is 116 Å². The third-order valence-corrected chi connectivity index (χ3v) is 4.71. The van der Waals surface area contributed by atoms with E-state index in [2.05, 4.69) is 29.9 Å². The average Bonchev–Trinajstić information content (AvgIpc) is 2.90. The standard InChI is InChI=1S/C16H27N3/c1-3-14(10-13-8-9-13)18-16-17-12(2)11-19(16)15-6-4-5-7-15/h11,13-15H,3-10H2,1-2H3,(H,17,18). The Morgan fingerprint density at radius 1 is 1.32 bits per heavy atom. The van der Waals surface area contributed by atoms with E-state index in [0.717, 1.165) is 17.6 Å². The zero-order valence-electron chi connectivity index (χ0n) is 12.4. The van der Waals surface area contributed by atoms with E-state index in [-0.39, 0.29) is 0 Å². The summed E-state index contributed by atoms with van der Waals surface area (Å²) in [6, 6.07) is 1.29. The lowest BCUT2D eigenvalue weighted by molar-refractivity contribution is 0.512. The molecule has 3 rings (SSSR count). The summed E-state index contributed by atoms with van der Waals surface area (Å²) in [7, 11) is 0. The van der Waals surface area contributed by atoms with Gasteiger partial charge in [0.2, 0.25) is 5.95 Å². The quantitative estimate of drug-likeness (QED) is 0.827. The Balaban J connectivity index is 1.70. The van der Waals surface area contributed by atoms with Crippen LogP contribution in [0.15, 0.2) is 6.20 Å². The Morgan fingerprint density at radius 2 is 2.05 bits per heavy atom. The number of nitrogens with one attached hydrogen (secondary N) is 1. The molecule has 19 heavy (non-hydrogen) atoms. The summed E-state index contributed by atoms with van der Waals surface area (Å²) in [5.74, 6) is 2.10. The molecule has 1 atom stereocenters. The van der Waals surface area contributed by atoms with Crippen molar-refractivity contribution in [1.82, 2.24) is 9.55 Å². The van der Waals surface area contributed by atoms with Gasteiger partial charge in [0.15, 0.2) is 0 Å². The largest absolute Gasteiger partial charge is 0.353 e. The first-order valence-corrected chi connectivity index (χ1v) is 8.08. The minimum atomic E-state index is 0.606. The molecule has 0 amide bonds. The van der Waals surface area contributed by atoms with Gasteiger partial charge < -0.3 is 9.88 Å². The van der Waals surface area contributed by atoms with E-state index >= 15 is 0 Å². The van der Waals surface area contributed by atoms with E-state index < -0.39 is 0 Å². The topological polar surface area (TPSA) is 29.9 Å². The van der Waals surface area contributed by atoms with Gasteiger partial charge in [-0.15, -0.1) is 0 Å². The van der Waals surface area contributed by atoms with Crippen LogP contribution in [0.5, 0.6) is 0 Å². The number of anilines is 1. The maximum Gasteiger partial charge on any atom is 0.203 e. The van der Waals surface area contributed by atoms with Gasteiger partial charge in [0.25, 0.3) is 0 Å². The first-order chi connectivity index (χ1) is 9.26. The van der Waals surface area contributed by atoms with Gasteiger partial charge in [0.1, 0.15) is 0 Å². The van der Waals surface area contributed by atoms with Crippen LogP contribution in [-0.4, -0.2) is 15.6 Å². The molecule has 2 saturated carbocycles. The molecule has 2 aliphatic rings. The molecule has 3 heteroatoms. The van der Waals surface area contributed by atoms with Crippen LogP contribution in [-0.2, 0) is 0 Å². The van der Waals surface area contributed by atoms with Crippen molar-refractivity contribution in [1.29, 1.82) is 0 Å². The average molecular weight is 261 g/mol. The van der Waals surface area contributed by atoms with Crippen molar-refractivity contribution in [2.75, 3.05) is 5.32 Å².